The van der Waals surface area contributed by atoms with Gasteiger partial charge in [-0.3, -0.25) is 4.79 Å². The number of carbonyl (C=O) groups is 1. The Balaban J connectivity index is 1.91. The highest BCUT2D eigenvalue weighted by molar-refractivity contribution is 5.91. The molecule has 5 heteroatoms. The molecule has 1 aromatic heterocycles. The van der Waals surface area contributed by atoms with E-state index >= 15 is 0 Å². The highest BCUT2D eigenvalue weighted by atomic mass is 16.5. The molecular weight excluding hydrogens is 242 g/mol. The first-order chi connectivity index (χ1) is 9.06. The van der Waals surface area contributed by atoms with Crippen molar-refractivity contribution < 1.29 is 9.32 Å². The predicted molar refractivity (Wildman–Crippen MR) is 73.0 cm³/mol. The van der Waals surface area contributed by atoms with E-state index in [1.54, 1.807) is 6.07 Å². The van der Waals surface area contributed by atoms with Crippen molar-refractivity contribution in [3.05, 3.63) is 17.5 Å². The lowest BCUT2D eigenvalue weighted by molar-refractivity contribution is 0.0630. The molecule has 1 atom stereocenters. The summed E-state index contributed by atoms with van der Waals surface area (Å²) in [5.74, 6) is 0.855. The minimum absolute atomic E-state index is 0.0325. The van der Waals surface area contributed by atoms with E-state index in [0.717, 1.165) is 31.7 Å². The number of carbonyl (C=O) groups excluding carboxylic acids is 1. The molecule has 1 aromatic rings. The first-order valence-corrected chi connectivity index (χ1v) is 7.02. The van der Waals surface area contributed by atoms with Gasteiger partial charge in [0.05, 0.1) is 5.69 Å². The van der Waals surface area contributed by atoms with Crippen LogP contribution in [-0.4, -0.2) is 41.6 Å². The van der Waals surface area contributed by atoms with Gasteiger partial charge < -0.3 is 14.7 Å². The summed E-state index contributed by atoms with van der Waals surface area (Å²) in [7, 11) is 0. The summed E-state index contributed by atoms with van der Waals surface area (Å²) >= 11 is 0. The molecular formula is C14H23N3O2. The monoisotopic (exact) mass is 265 g/mol. The molecule has 2 heterocycles. The Morgan fingerprint density at radius 3 is 3.05 bits per heavy atom. The van der Waals surface area contributed by atoms with Gasteiger partial charge in [-0.25, -0.2) is 0 Å². The van der Waals surface area contributed by atoms with Crippen LogP contribution >= 0.6 is 0 Å². The fraction of sp³-hybridized carbons (Fsp3) is 0.714. The third kappa shape index (κ3) is 3.80. The quantitative estimate of drug-likeness (QED) is 0.902. The van der Waals surface area contributed by atoms with Crippen molar-refractivity contribution in [1.29, 1.82) is 0 Å². The Hall–Kier alpha value is -1.36. The normalized spacial score (nSPS) is 20.0. The number of aromatic nitrogens is 1. The molecule has 1 saturated heterocycles. The number of amides is 1. The zero-order valence-corrected chi connectivity index (χ0v) is 12.0. The molecule has 19 heavy (non-hydrogen) atoms. The number of likely N-dealkylation sites (tertiary alicyclic amines) is 1. The number of piperidine rings is 1. The van der Waals surface area contributed by atoms with E-state index in [2.05, 4.69) is 24.3 Å². The Kier molecular flexibility index (Phi) is 4.58. The van der Waals surface area contributed by atoms with Gasteiger partial charge in [-0.15, -0.1) is 0 Å². The number of nitrogens with one attached hydrogen (secondary N) is 1. The third-order valence-corrected chi connectivity index (χ3v) is 3.46. The number of hydrogen-bond acceptors (Lipinski definition) is 4. The van der Waals surface area contributed by atoms with Crippen LogP contribution in [0.2, 0.25) is 0 Å². The van der Waals surface area contributed by atoms with Gasteiger partial charge in [0.25, 0.3) is 5.91 Å². The number of hydrogen-bond donors (Lipinski definition) is 1. The highest BCUT2D eigenvalue weighted by Crippen LogP contribution is 2.18. The second-order valence-corrected chi connectivity index (χ2v) is 5.65. The van der Waals surface area contributed by atoms with Crippen LogP contribution in [-0.2, 0) is 0 Å². The SMILES string of the molecule is Cc1cc(C(=O)N2CCCC(CNC(C)C)C2)on1. The number of rotatable bonds is 4. The highest BCUT2D eigenvalue weighted by Gasteiger charge is 2.26. The molecule has 2 rings (SSSR count). The summed E-state index contributed by atoms with van der Waals surface area (Å²) in [6.07, 6.45) is 2.24. The van der Waals surface area contributed by atoms with Crippen LogP contribution in [0.5, 0.6) is 0 Å². The average molecular weight is 265 g/mol. The predicted octanol–water partition coefficient (Wildman–Crippen LogP) is 1.83. The molecule has 1 fully saturated rings. The van der Waals surface area contributed by atoms with Crippen molar-refractivity contribution in [2.45, 2.75) is 39.7 Å². The van der Waals surface area contributed by atoms with Gasteiger partial charge >= 0.3 is 0 Å². The van der Waals surface area contributed by atoms with Crippen LogP contribution in [0.15, 0.2) is 10.6 Å². The molecule has 1 aliphatic heterocycles. The summed E-state index contributed by atoms with van der Waals surface area (Å²) in [4.78, 5) is 14.2. The molecule has 5 nitrogen and oxygen atoms in total. The maximum atomic E-state index is 12.3. The molecule has 106 valence electrons. The largest absolute Gasteiger partial charge is 0.351 e. The Bertz CT molecular complexity index is 428. The first kappa shape index (κ1) is 14.1. The van der Waals surface area contributed by atoms with Gasteiger partial charge in [-0.1, -0.05) is 19.0 Å². The van der Waals surface area contributed by atoms with Gasteiger partial charge in [-0.05, 0) is 32.2 Å². The van der Waals surface area contributed by atoms with Crippen molar-refractivity contribution in [2.24, 2.45) is 5.92 Å². The standard InChI is InChI=1S/C14H23N3O2/c1-10(2)15-8-12-5-4-6-17(9-12)14(18)13-7-11(3)16-19-13/h7,10,12,15H,4-6,8-9H2,1-3H3. The van der Waals surface area contributed by atoms with E-state index in [9.17, 15) is 4.79 Å². The fourth-order valence-electron chi connectivity index (χ4n) is 2.44. The Morgan fingerprint density at radius 2 is 2.42 bits per heavy atom. The van der Waals surface area contributed by atoms with Crippen LogP contribution < -0.4 is 5.32 Å². The minimum atomic E-state index is -0.0325. The molecule has 1 amide bonds. The molecule has 1 N–H and O–H groups in total. The summed E-state index contributed by atoms with van der Waals surface area (Å²) in [6, 6.07) is 2.20. The topological polar surface area (TPSA) is 58.4 Å². The molecule has 0 aromatic carbocycles. The zero-order valence-electron chi connectivity index (χ0n) is 12.0. The van der Waals surface area contributed by atoms with Crippen molar-refractivity contribution in [3.8, 4) is 0 Å². The second-order valence-electron chi connectivity index (χ2n) is 5.65. The van der Waals surface area contributed by atoms with Crippen LogP contribution in [0, 0.1) is 12.8 Å². The molecule has 1 unspecified atom stereocenters. The lowest BCUT2D eigenvalue weighted by Crippen LogP contribution is -2.43. The summed E-state index contributed by atoms with van der Waals surface area (Å²) < 4.78 is 5.06. The van der Waals surface area contributed by atoms with E-state index < -0.39 is 0 Å². The fourth-order valence-corrected chi connectivity index (χ4v) is 2.44. The summed E-state index contributed by atoms with van der Waals surface area (Å²) in [5.41, 5.74) is 0.749. The van der Waals surface area contributed by atoms with Gasteiger partial charge in [0.2, 0.25) is 5.76 Å². The first-order valence-electron chi connectivity index (χ1n) is 7.02. The molecule has 0 bridgehead atoms. The van der Waals surface area contributed by atoms with E-state index in [1.165, 1.54) is 6.42 Å². The molecule has 1 aliphatic rings. The maximum Gasteiger partial charge on any atom is 0.292 e. The molecule has 0 spiro atoms. The number of nitrogens with zero attached hydrogens (tertiary/aromatic N) is 2. The Labute approximate surface area is 114 Å². The average Bonchev–Trinajstić information content (AvgIpc) is 2.82. The maximum absolute atomic E-state index is 12.3. The van der Waals surface area contributed by atoms with Crippen molar-refractivity contribution >= 4 is 5.91 Å². The van der Waals surface area contributed by atoms with E-state index in [-0.39, 0.29) is 5.91 Å². The van der Waals surface area contributed by atoms with Crippen LogP contribution in [0.1, 0.15) is 42.9 Å². The second kappa shape index (κ2) is 6.19. The third-order valence-electron chi connectivity index (χ3n) is 3.46. The van der Waals surface area contributed by atoms with Gasteiger partial charge in [0, 0.05) is 25.2 Å². The molecule has 0 aliphatic carbocycles. The van der Waals surface area contributed by atoms with Gasteiger partial charge in [0.1, 0.15) is 0 Å². The van der Waals surface area contributed by atoms with Gasteiger partial charge in [0.15, 0.2) is 0 Å². The van der Waals surface area contributed by atoms with Gasteiger partial charge in [-0.2, -0.15) is 0 Å². The number of aryl methyl sites for hydroxylation is 1. The van der Waals surface area contributed by atoms with E-state index in [4.69, 9.17) is 4.52 Å². The van der Waals surface area contributed by atoms with Crippen LogP contribution in [0.25, 0.3) is 0 Å². The minimum Gasteiger partial charge on any atom is -0.351 e. The summed E-state index contributed by atoms with van der Waals surface area (Å²) in [6.45, 7) is 8.70. The summed E-state index contributed by atoms with van der Waals surface area (Å²) in [5, 5.41) is 7.22. The zero-order chi connectivity index (χ0) is 13.8. The molecule has 0 radical (unpaired) electrons. The van der Waals surface area contributed by atoms with Crippen LogP contribution in [0.3, 0.4) is 0 Å². The van der Waals surface area contributed by atoms with Crippen molar-refractivity contribution in [2.75, 3.05) is 19.6 Å². The smallest absolute Gasteiger partial charge is 0.292 e. The van der Waals surface area contributed by atoms with E-state index in [1.807, 2.05) is 11.8 Å². The lowest BCUT2D eigenvalue weighted by Gasteiger charge is -2.32. The van der Waals surface area contributed by atoms with E-state index in [0.29, 0.717) is 17.7 Å². The lowest BCUT2D eigenvalue weighted by atomic mass is 9.97. The Morgan fingerprint density at radius 1 is 1.63 bits per heavy atom. The van der Waals surface area contributed by atoms with Crippen LogP contribution in [0.4, 0.5) is 0 Å². The van der Waals surface area contributed by atoms with Crippen molar-refractivity contribution in [3.63, 3.8) is 0 Å². The van der Waals surface area contributed by atoms with Crippen molar-refractivity contribution in [1.82, 2.24) is 15.4 Å². The molecule has 0 saturated carbocycles.